The molecule has 2 rings (SSSR count). The van der Waals surface area contributed by atoms with Crippen LogP contribution in [-0.2, 0) is 0 Å². The third kappa shape index (κ3) is 2.43. The van der Waals surface area contributed by atoms with E-state index in [9.17, 15) is 5.11 Å². The lowest BCUT2D eigenvalue weighted by atomic mass is 10.0. The average molecular weight is 283 g/mol. The second kappa shape index (κ2) is 5.14. The van der Waals surface area contributed by atoms with E-state index in [1.807, 2.05) is 6.92 Å². The number of aryl methyl sites for hydroxylation is 1. The van der Waals surface area contributed by atoms with Crippen molar-refractivity contribution >= 4 is 29.0 Å². The molecule has 1 atom stereocenters. The number of hydrogen-bond acceptors (Lipinski definition) is 3. The van der Waals surface area contributed by atoms with Gasteiger partial charge in [0.15, 0.2) is 0 Å². The summed E-state index contributed by atoms with van der Waals surface area (Å²) in [6.45, 7) is 1.87. The molecule has 0 aliphatic rings. The van der Waals surface area contributed by atoms with E-state index in [-0.39, 0.29) is 5.82 Å². The van der Waals surface area contributed by atoms with E-state index in [1.54, 1.807) is 30.5 Å². The molecule has 0 spiro atoms. The lowest BCUT2D eigenvalue weighted by molar-refractivity contribution is 0.221. The van der Waals surface area contributed by atoms with E-state index in [1.165, 1.54) is 0 Å². The quantitative estimate of drug-likeness (QED) is 0.888. The molecule has 0 bridgehead atoms. The number of aliphatic hydroxyl groups is 1. The first-order valence-electron chi connectivity index (χ1n) is 5.34. The van der Waals surface area contributed by atoms with Crippen molar-refractivity contribution in [3.63, 3.8) is 0 Å². The van der Waals surface area contributed by atoms with Crippen LogP contribution in [0.2, 0.25) is 10.0 Å². The number of rotatable bonds is 2. The lowest BCUT2D eigenvalue weighted by Gasteiger charge is -2.16. The summed E-state index contributed by atoms with van der Waals surface area (Å²) in [4.78, 5) is 4.02. The molecule has 94 valence electrons. The molecule has 1 unspecified atom stereocenters. The lowest BCUT2D eigenvalue weighted by Crippen LogP contribution is -2.07. The topological polar surface area (TPSA) is 59.1 Å². The number of anilines is 1. The predicted molar refractivity (Wildman–Crippen MR) is 73.9 cm³/mol. The van der Waals surface area contributed by atoms with Crippen molar-refractivity contribution < 1.29 is 5.11 Å². The van der Waals surface area contributed by atoms with Crippen molar-refractivity contribution in [3.8, 4) is 0 Å². The van der Waals surface area contributed by atoms with Crippen molar-refractivity contribution in [3.05, 3.63) is 57.2 Å². The molecule has 1 aromatic heterocycles. The number of nitrogens with zero attached hydrogens (tertiary/aromatic N) is 1. The van der Waals surface area contributed by atoms with E-state index >= 15 is 0 Å². The number of hydrogen-bond donors (Lipinski definition) is 2. The molecule has 3 nitrogen and oxygen atoms in total. The number of pyridine rings is 1. The smallest absolute Gasteiger partial charge is 0.129 e. The number of halogens is 2. The van der Waals surface area contributed by atoms with Crippen molar-refractivity contribution in [2.24, 2.45) is 0 Å². The second-order valence-corrected chi connectivity index (χ2v) is 4.84. The molecule has 0 amide bonds. The molecule has 18 heavy (non-hydrogen) atoms. The van der Waals surface area contributed by atoms with Gasteiger partial charge in [-0.3, -0.25) is 0 Å². The minimum atomic E-state index is -0.987. The van der Waals surface area contributed by atoms with E-state index in [4.69, 9.17) is 28.9 Å². The zero-order valence-electron chi connectivity index (χ0n) is 9.69. The first-order valence-corrected chi connectivity index (χ1v) is 6.10. The Morgan fingerprint density at radius 3 is 2.50 bits per heavy atom. The molecule has 1 aromatic carbocycles. The van der Waals surface area contributed by atoms with E-state index < -0.39 is 6.10 Å². The molecule has 0 saturated heterocycles. The van der Waals surface area contributed by atoms with Gasteiger partial charge >= 0.3 is 0 Å². The molecular formula is C13H12Cl2N2O. The highest BCUT2D eigenvalue weighted by Gasteiger charge is 2.20. The monoisotopic (exact) mass is 282 g/mol. The number of nitrogens with two attached hydrogens (primary N) is 1. The third-order valence-corrected chi connectivity index (χ3v) is 3.31. The molecule has 0 radical (unpaired) electrons. The fourth-order valence-corrected chi connectivity index (χ4v) is 2.35. The van der Waals surface area contributed by atoms with Gasteiger partial charge in [0.25, 0.3) is 0 Å². The molecule has 5 heteroatoms. The number of aliphatic hydroxyl groups excluding tert-OH is 1. The molecule has 0 fully saturated rings. The van der Waals surface area contributed by atoms with Crippen LogP contribution in [-0.4, -0.2) is 10.1 Å². The van der Waals surface area contributed by atoms with Crippen LogP contribution >= 0.6 is 23.2 Å². The number of benzene rings is 1. The highest BCUT2D eigenvalue weighted by molar-refractivity contribution is 6.36. The molecular weight excluding hydrogens is 271 g/mol. The summed E-state index contributed by atoms with van der Waals surface area (Å²) in [5, 5.41) is 11.2. The SMILES string of the molecule is Cc1cnc(N)c(C(O)c2c(Cl)cccc2Cl)c1. The van der Waals surface area contributed by atoms with Gasteiger partial charge in [-0.15, -0.1) is 0 Å². The Morgan fingerprint density at radius 2 is 1.89 bits per heavy atom. The summed E-state index contributed by atoms with van der Waals surface area (Å²) in [5.74, 6) is 0.268. The summed E-state index contributed by atoms with van der Waals surface area (Å²) in [5.41, 5.74) is 7.62. The summed E-state index contributed by atoms with van der Waals surface area (Å²) in [6.07, 6.45) is 0.651. The summed E-state index contributed by atoms with van der Waals surface area (Å²) in [7, 11) is 0. The van der Waals surface area contributed by atoms with Crippen LogP contribution in [0, 0.1) is 6.92 Å². The first-order chi connectivity index (χ1) is 8.50. The van der Waals surface area contributed by atoms with Crippen LogP contribution in [0.3, 0.4) is 0 Å². The van der Waals surface area contributed by atoms with Gasteiger partial charge in [0.1, 0.15) is 11.9 Å². The van der Waals surface area contributed by atoms with Crippen LogP contribution in [0.4, 0.5) is 5.82 Å². The van der Waals surface area contributed by atoms with Crippen LogP contribution in [0.1, 0.15) is 22.8 Å². The fraction of sp³-hybridized carbons (Fsp3) is 0.154. The van der Waals surface area contributed by atoms with Gasteiger partial charge in [0, 0.05) is 27.4 Å². The maximum atomic E-state index is 10.4. The third-order valence-electron chi connectivity index (χ3n) is 2.65. The average Bonchev–Trinajstić information content (AvgIpc) is 2.32. The highest BCUT2D eigenvalue weighted by atomic mass is 35.5. The second-order valence-electron chi connectivity index (χ2n) is 4.03. The van der Waals surface area contributed by atoms with Gasteiger partial charge in [0.2, 0.25) is 0 Å². The minimum Gasteiger partial charge on any atom is -0.383 e. The number of nitrogen functional groups attached to an aromatic ring is 1. The highest BCUT2D eigenvalue weighted by Crippen LogP contribution is 2.35. The summed E-state index contributed by atoms with van der Waals surface area (Å²) in [6, 6.07) is 6.84. The van der Waals surface area contributed by atoms with Crippen LogP contribution < -0.4 is 5.73 Å². The predicted octanol–water partition coefficient (Wildman–Crippen LogP) is 3.36. The Kier molecular flexibility index (Phi) is 3.76. The molecule has 0 aliphatic heterocycles. The van der Waals surface area contributed by atoms with Gasteiger partial charge < -0.3 is 10.8 Å². The maximum Gasteiger partial charge on any atom is 0.129 e. The van der Waals surface area contributed by atoms with Gasteiger partial charge in [-0.1, -0.05) is 29.3 Å². The fourth-order valence-electron chi connectivity index (χ4n) is 1.75. The van der Waals surface area contributed by atoms with Gasteiger partial charge in [-0.05, 0) is 30.7 Å². The van der Waals surface area contributed by atoms with Crippen LogP contribution in [0.5, 0.6) is 0 Å². The Labute approximate surface area is 115 Å². The Morgan fingerprint density at radius 1 is 1.28 bits per heavy atom. The molecule has 0 saturated carbocycles. The van der Waals surface area contributed by atoms with Crippen molar-refractivity contribution in [1.82, 2.24) is 4.98 Å². The van der Waals surface area contributed by atoms with E-state index in [0.717, 1.165) is 5.56 Å². The first kappa shape index (κ1) is 13.1. The Bertz CT molecular complexity index is 567. The standard InChI is InChI=1S/C13H12Cl2N2O/c1-7-5-8(13(16)17-6-7)12(18)11-9(14)3-2-4-10(11)15/h2-6,12,18H,1H3,(H2,16,17). The molecule has 1 heterocycles. The van der Waals surface area contributed by atoms with Gasteiger partial charge in [0.05, 0.1) is 0 Å². The zero-order chi connectivity index (χ0) is 13.3. The zero-order valence-corrected chi connectivity index (χ0v) is 11.2. The summed E-state index contributed by atoms with van der Waals surface area (Å²) >= 11 is 12.1. The maximum absolute atomic E-state index is 10.4. The minimum absolute atomic E-state index is 0.268. The summed E-state index contributed by atoms with van der Waals surface area (Å²) < 4.78 is 0. The van der Waals surface area contributed by atoms with Gasteiger partial charge in [-0.25, -0.2) is 4.98 Å². The Hall–Kier alpha value is -1.29. The van der Waals surface area contributed by atoms with Crippen molar-refractivity contribution in [2.45, 2.75) is 13.0 Å². The van der Waals surface area contributed by atoms with E-state index in [0.29, 0.717) is 21.2 Å². The van der Waals surface area contributed by atoms with Crippen LogP contribution in [0.15, 0.2) is 30.5 Å². The van der Waals surface area contributed by atoms with Gasteiger partial charge in [-0.2, -0.15) is 0 Å². The van der Waals surface area contributed by atoms with E-state index in [2.05, 4.69) is 4.98 Å². The van der Waals surface area contributed by atoms with Crippen molar-refractivity contribution in [2.75, 3.05) is 5.73 Å². The molecule has 0 aliphatic carbocycles. The Balaban J connectivity index is 2.54. The number of aromatic nitrogens is 1. The van der Waals surface area contributed by atoms with Crippen molar-refractivity contribution in [1.29, 1.82) is 0 Å². The largest absolute Gasteiger partial charge is 0.383 e. The normalized spacial score (nSPS) is 12.4. The molecule has 2 aromatic rings. The van der Waals surface area contributed by atoms with Crippen LogP contribution in [0.25, 0.3) is 0 Å². The molecule has 3 N–H and O–H groups in total.